The summed E-state index contributed by atoms with van der Waals surface area (Å²) >= 11 is 0. The van der Waals surface area contributed by atoms with Gasteiger partial charge in [-0.1, -0.05) is 12.7 Å². The van der Waals surface area contributed by atoms with Crippen LogP contribution in [0.5, 0.6) is 11.5 Å². The molecule has 1 aromatic carbocycles. The minimum Gasteiger partial charge on any atom is -0.482 e. The normalized spacial score (nSPS) is 14.1. The molecule has 134 valence electrons. The fraction of sp³-hybridized carbons (Fsp3) is 0.200. The van der Waals surface area contributed by atoms with Crippen LogP contribution in [-0.2, 0) is 9.53 Å². The Morgan fingerprint density at radius 2 is 2.08 bits per heavy atom. The average molecular weight is 354 g/mol. The summed E-state index contributed by atoms with van der Waals surface area (Å²) in [6.45, 7) is 6.96. The number of furan rings is 1. The van der Waals surface area contributed by atoms with E-state index in [0.717, 1.165) is 5.76 Å². The molecule has 0 aliphatic carbocycles. The lowest BCUT2D eigenvalue weighted by Gasteiger charge is -2.08. The van der Waals surface area contributed by atoms with Gasteiger partial charge in [0.1, 0.15) is 29.6 Å². The maximum atomic E-state index is 12.6. The molecule has 0 saturated heterocycles. The predicted molar refractivity (Wildman–Crippen MR) is 94.2 cm³/mol. The Labute approximate surface area is 150 Å². The molecule has 0 amide bonds. The number of benzene rings is 1. The molecular formula is C20H18O6. The number of carbonyl (C=O) groups excluding carboxylic acids is 2. The molecule has 0 spiro atoms. The van der Waals surface area contributed by atoms with Crippen LogP contribution in [0.15, 0.2) is 47.1 Å². The lowest BCUT2D eigenvalue weighted by atomic mass is 10.0. The van der Waals surface area contributed by atoms with Crippen molar-refractivity contribution in [2.45, 2.75) is 13.8 Å². The van der Waals surface area contributed by atoms with Gasteiger partial charge >= 0.3 is 5.97 Å². The van der Waals surface area contributed by atoms with E-state index in [0.29, 0.717) is 28.4 Å². The summed E-state index contributed by atoms with van der Waals surface area (Å²) in [7, 11) is 0. The largest absolute Gasteiger partial charge is 0.482 e. The monoisotopic (exact) mass is 354 g/mol. The predicted octanol–water partition coefficient (Wildman–Crippen LogP) is 3.62. The van der Waals surface area contributed by atoms with Gasteiger partial charge in [0.05, 0.1) is 5.56 Å². The number of fused-ring (bicyclic) bond motifs is 1. The van der Waals surface area contributed by atoms with Gasteiger partial charge < -0.3 is 18.6 Å². The topological polar surface area (TPSA) is 75.0 Å². The summed E-state index contributed by atoms with van der Waals surface area (Å²) < 4.78 is 21.4. The van der Waals surface area contributed by atoms with Gasteiger partial charge in [0.15, 0.2) is 12.4 Å². The van der Waals surface area contributed by atoms with E-state index in [1.165, 1.54) is 6.08 Å². The van der Waals surface area contributed by atoms with Crippen molar-refractivity contribution in [3.63, 3.8) is 0 Å². The molecule has 0 unspecified atom stereocenters. The highest BCUT2D eigenvalue weighted by Gasteiger charge is 2.30. The molecule has 0 atom stereocenters. The van der Waals surface area contributed by atoms with E-state index in [9.17, 15) is 9.59 Å². The van der Waals surface area contributed by atoms with E-state index < -0.39 is 5.97 Å². The number of esters is 1. The van der Waals surface area contributed by atoms with Crippen LogP contribution < -0.4 is 9.47 Å². The van der Waals surface area contributed by atoms with E-state index in [2.05, 4.69) is 6.58 Å². The third-order valence-electron chi connectivity index (χ3n) is 3.70. The van der Waals surface area contributed by atoms with Crippen molar-refractivity contribution in [2.24, 2.45) is 0 Å². The number of Topliss-reactive ketones (excluding diaryl/α,β-unsaturated/α-hetero) is 1. The van der Waals surface area contributed by atoms with Crippen LogP contribution in [0.1, 0.15) is 27.4 Å². The Bertz CT molecular complexity index is 903. The van der Waals surface area contributed by atoms with Crippen molar-refractivity contribution in [1.82, 2.24) is 0 Å². The molecule has 0 N–H and O–H groups in total. The lowest BCUT2D eigenvalue weighted by Crippen LogP contribution is -2.14. The van der Waals surface area contributed by atoms with Crippen LogP contribution in [0.4, 0.5) is 0 Å². The average Bonchev–Trinajstić information content (AvgIpc) is 3.15. The molecule has 0 radical (unpaired) electrons. The van der Waals surface area contributed by atoms with Gasteiger partial charge in [0.2, 0.25) is 5.78 Å². The molecule has 0 fully saturated rings. The van der Waals surface area contributed by atoms with Gasteiger partial charge in [-0.3, -0.25) is 4.79 Å². The van der Waals surface area contributed by atoms with Crippen LogP contribution in [-0.4, -0.2) is 25.0 Å². The first-order chi connectivity index (χ1) is 12.5. The SMILES string of the molecule is C=CCOC(=O)COc1cc(C)c2c(c1)O/C(=C\c1ccc(C)o1)C2=O. The van der Waals surface area contributed by atoms with E-state index >= 15 is 0 Å². The van der Waals surface area contributed by atoms with E-state index in [1.807, 2.05) is 13.0 Å². The molecule has 1 aromatic heterocycles. The van der Waals surface area contributed by atoms with Crippen LogP contribution >= 0.6 is 0 Å². The van der Waals surface area contributed by atoms with Crippen molar-refractivity contribution in [3.8, 4) is 11.5 Å². The molecule has 2 heterocycles. The quantitative estimate of drug-likeness (QED) is 0.448. The van der Waals surface area contributed by atoms with Crippen LogP contribution in [0.25, 0.3) is 6.08 Å². The molecule has 0 bridgehead atoms. The molecule has 2 aromatic rings. The van der Waals surface area contributed by atoms with Gasteiger partial charge in [0.25, 0.3) is 0 Å². The number of ether oxygens (including phenoxy) is 3. The van der Waals surface area contributed by atoms with Gasteiger partial charge in [-0.15, -0.1) is 0 Å². The second-order valence-electron chi connectivity index (χ2n) is 5.76. The molecule has 6 nitrogen and oxygen atoms in total. The Morgan fingerprint density at radius 3 is 2.77 bits per heavy atom. The van der Waals surface area contributed by atoms with Crippen molar-refractivity contribution < 1.29 is 28.2 Å². The molecular weight excluding hydrogens is 336 g/mol. The summed E-state index contributed by atoms with van der Waals surface area (Å²) in [6.07, 6.45) is 3.03. The molecule has 3 rings (SSSR count). The summed E-state index contributed by atoms with van der Waals surface area (Å²) in [5, 5.41) is 0. The fourth-order valence-electron chi connectivity index (χ4n) is 2.56. The minimum absolute atomic E-state index is 0.128. The maximum Gasteiger partial charge on any atom is 0.344 e. The van der Waals surface area contributed by atoms with Gasteiger partial charge in [0, 0.05) is 12.1 Å². The van der Waals surface area contributed by atoms with E-state index in [4.69, 9.17) is 18.6 Å². The molecule has 1 aliphatic rings. The molecule has 26 heavy (non-hydrogen) atoms. The van der Waals surface area contributed by atoms with E-state index in [-0.39, 0.29) is 24.8 Å². The highest BCUT2D eigenvalue weighted by molar-refractivity contribution is 6.15. The van der Waals surface area contributed by atoms with E-state index in [1.54, 1.807) is 31.2 Å². The van der Waals surface area contributed by atoms with Gasteiger partial charge in [-0.25, -0.2) is 4.79 Å². The number of rotatable bonds is 6. The fourth-order valence-corrected chi connectivity index (χ4v) is 2.56. The molecule has 6 heteroatoms. The third-order valence-corrected chi connectivity index (χ3v) is 3.70. The van der Waals surface area contributed by atoms with Gasteiger partial charge in [-0.05, 0) is 37.6 Å². The zero-order valence-electron chi connectivity index (χ0n) is 14.5. The summed E-state index contributed by atoms with van der Waals surface area (Å²) in [4.78, 5) is 24.1. The second kappa shape index (κ2) is 7.31. The first-order valence-electron chi connectivity index (χ1n) is 8.02. The smallest absolute Gasteiger partial charge is 0.344 e. The third kappa shape index (κ3) is 3.69. The number of hydrogen-bond acceptors (Lipinski definition) is 6. The number of allylic oxidation sites excluding steroid dienone is 1. The molecule has 0 saturated carbocycles. The van der Waals surface area contributed by atoms with Crippen molar-refractivity contribution >= 4 is 17.8 Å². The van der Waals surface area contributed by atoms with Crippen LogP contribution in [0, 0.1) is 13.8 Å². The lowest BCUT2D eigenvalue weighted by molar-refractivity contribution is -0.144. The number of aryl methyl sites for hydroxylation is 2. The van der Waals surface area contributed by atoms with Crippen molar-refractivity contribution in [2.75, 3.05) is 13.2 Å². The zero-order valence-corrected chi connectivity index (χ0v) is 14.5. The second-order valence-corrected chi connectivity index (χ2v) is 5.76. The van der Waals surface area contributed by atoms with Crippen molar-refractivity contribution in [1.29, 1.82) is 0 Å². The summed E-state index contributed by atoms with van der Waals surface area (Å²) in [5.74, 6) is 1.55. The minimum atomic E-state index is -0.506. The number of carbonyl (C=O) groups is 2. The Kier molecular flexibility index (Phi) is 4.93. The highest BCUT2D eigenvalue weighted by Crippen LogP contribution is 2.37. The van der Waals surface area contributed by atoms with Crippen LogP contribution in [0.3, 0.4) is 0 Å². The Hall–Kier alpha value is -3.28. The zero-order chi connectivity index (χ0) is 18.7. The first-order valence-corrected chi connectivity index (χ1v) is 8.02. The summed E-state index contributed by atoms with van der Waals surface area (Å²) in [5.41, 5.74) is 1.17. The first kappa shape index (κ1) is 17.5. The van der Waals surface area contributed by atoms with Gasteiger partial charge in [-0.2, -0.15) is 0 Å². The Balaban J connectivity index is 1.77. The maximum absolute atomic E-state index is 12.6. The van der Waals surface area contributed by atoms with Crippen molar-refractivity contribution in [3.05, 3.63) is 65.3 Å². The standard InChI is InChI=1S/C20H18O6/c1-4-7-23-18(21)11-24-15-8-12(2)19-16(10-15)26-17(20(19)22)9-14-6-5-13(3)25-14/h4-6,8-10H,1,7,11H2,2-3H3/b17-9-. The summed E-state index contributed by atoms with van der Waals surface area (Å²) in [6, 6.07) is 6.83. The highest BCUT2D eigenvalue weighted by atomic mass is 16.6. The Morgan fingerprint density at radius 1 is 1.27 bits per heavy atom. The number of hydrogen-bond donors (Lipinski definition) is 0. The molecule has 1 aliphatic heterocycles. The number of ketones is 1. The van der Waals surface area contributed by atoms with Crippen LogP contribution in [0.2, 0.25) is 0 Å².